The molecule has 7 nitrogen and oxygen atoms in total. The number of guanidine groups is 1. The van der Waals surface area contributed by atoms with Gasteiger partial charge in [0, 0.05) is 37.3 Å². The number of aromatic nitrogens is 2. The Bertz CT molecular complexity index is 696. The number of nitrogens with one attached hydrogen (secondary N) is 2. The molecule has 2 rings (SSSR count). The van der Waals surface area contributed by atoms with Crippen molar-refractivity contribution >= 4 is 29.9 Å². The predicted molar refractivity (Wildman–Crippen MR) is 118 cm³/mol. The molecule has 0 spiro atoms. The van der Waals surface area contributed by atoms with Crippen molar-refractivity contribution in [3.8, 4) is 5.88 Å². The fourth-order valence-electron chi connectivity index (χ4n) is 2.60. The van der Waals surface area contributed by atoms with Gasteiger partial charge in [-0.1, -0.05) is 19.0 Å². The minimum atomic E-state index is 0. The third-order valence-corrected chi connectivity index (χ3v) is 3.90. The van der Waals surface area contributed by atoms with Gasteiger partial charge in [0.25, 0.3) is 0 Å². The minimum absolute atomic E-state index is 0. The maximum Gasteiger partial charge on any atom is 0.213 e. The SMILES string of the molecule is CCNC(=NCc1ccnc(OCC)c1)NCc1c(CC)noc1CC.I. The Hall–Kier alpha value is -1.84. The summed E-state index contributed by atoms with van der Waals surface area (Å²) >= 11 is 0. The second kappa shape index (κ2) is 12.5. The molecule has 0 saturated heterocycles. The first-order valence-corrected chi connectivity index (χ1v) is 9.27. The van der Waals surface area contributed by atoms with Gasteiger partial charge in [-0.2, -0.15) is 0 Å². The Labute approximate surface area is 178 Å². The molecule has 0 saturated carbocycles. The van der Waals surface area contributed by atoms with Crippen LogP contribution in [0, 0.1) is 0 Å². The lowest BCUT2D eigenvalue weighted by Crippen LogP contribution is -2.37. The molecule has 0 amide bonds. The van der Waals surface area contributed by atoms with Crippen molar-refractivity contribution in [1.82, 2.24) is 20.8 Å². The number of ether oxygens (including phenoxy) is 1. The van der Waals surface area contributed by atoms with Crippen molar-refractivity contribution in [2.45, 2.75) is 53.6 Å². The van der Waals surface area contributed by atoms with Crippen molar-refractivity contribution in [3.05, 3.63) is 40.9 Å². The summed E-state index contributed by atoms with van der Waals surface area (Å²) in [5, 5.41) is 10.8. The Morgan fingerprint density at radius 1 is 1.19 bits per heavy atom. The lowest BCUT2D eigenvalue weighted by molar-refractivity contribution is 0.326. The van der Waals surface area contributed by atoms with E-state index in [0.29, 0.717) is 25.6 Å². The molecule has 0 atom stereocenters. The fraction of sp³-hybridized carbons (Fsp3) is 0.526. The molecule has 0 unspecified atom stereocenters. The Balaban J connectivity index is 0.00000364. The summed E-state index contributed by atoms with van der Waals surface area (Å²) in [5.41, 5.74) is 3.18. The van der Waals surface area contributed by atoms with Crippen LogP contribution in [0.15, 0.2) is 27.8 Å². The summed E-state index contributed by atoms with van der Waals surface area (Å²) in [6.45, 7) is 10.7. The number of nitrogens with zero attached hydrogens (tertiary/aromatic N) is 3. The van der Waals surface area contributed by atoms with E-state index < -0.39 is 0 Å². The van der Waals surface area contributed by atoms with Gasteiger partial charge in [0.2, 0.25) is 5.88 Å². The Morgan fingerprint density at radius 2 is 2.00 bits per heavy atom. The van der Waals surface area contributed by atoms with Crippen molar-refractivity contribution in [3.63, 3.8) is 0 Å². The molecule has 8 heteroatoms. The van der Waals surface area contributed by atoms with Gasteiger partial charge >= 0.3 is 0 Å². The number of halogens is 1. The summed E-state index contributed by atoms with van der Waals surface area (Å²) in [6, 6.07) is 3.86. The van der Waals surface area contributed by atoms with E-state index in [9.17, 15) is 0 Å². The van der Waals surface area contributed by atoms with Crippen LogP contribution in [-0.2, 0) is 25.9 Å². The number of hydrogen-bond donors (Lipinski definition) is 2. The molecule has 2 N–H and O–H groups in total. The highest BCUT2D eigenvalue weighted by molar-refractivity contribution is 14.0. The molecule has 150 valence electrons. The van der Waals surface area contributed by atoms with E-state index in [1.165, 1.54) is 0 Å². The lowest BCUT2D eigenvalue weighted by Gasteiger charge is -2.12. The lowest BCUT2D eigenvalue weighted by atomic mass is 10.1. The van der Waals surface area contributed by atoms with Gasteiger partial charge in [-0.3, -0.25) is 0 Å². The Kier molecular flexibility index (Phi) is 10.8. The fourth-order valence-corrected chi connectivity index (χ4v) is 2.60. The summed E-state index contributed by atoms with van der Waals surface area (Å²) in [5.74, 6) is 2.32. The largest absolute Gasteiger partial charge is 0.478 e. The maximum absolute atomic E-state index is 5.44. The first kappa shape index (κ1) is 23.2. The molecular weight excluding hydrogens is 457 g/mol. The topological polar surface area (TPSA) is 84.6 Å². The molecule has 27 heavy (non-hydrogen) atoms. The van der Waals surface area contributed by atoms with Crippen LogP contribution >= 0.6 is 24.0 Å². The zero-order valence-corrected chi connectivity index (χ0v) is 18.9. The maximum atomic E-state index is 5.44. The molecule has 0 fully saturated rings. The first-order chi connectivity index (χ1) is 12.7. The smallest absolute Gasteiger partial charge is 0.213 e. The second-order valence-corrected chi connectivity index (χ2v) is 5.72. The van der Waals surface area contributed by atoms with Gasteiger partial charge < -0.3 is 19.9 Å². The monoisotopic (exact) mass is 487 g/mol. The predicted octanol–water partition coefficient (Wildman–Crippen LogP) is 3.47. The van der Waals surface area contributed by atoms with Crippen LogP contribution in [0.25, 0.3) is 0 Å². The van der Waals surface area contributed by atoms with E-state index in [1.54, 1.807) is 6.20 Å². The molecule has 0 aromatic carbocycles. The molecular formula is C19H30IN5O2. The zero-order chi connectivity index (χ0) is 18.8. The van der Waals surface area contributed by atoms with Gasteiger partial charge in [0.1, 0.15) is 5.76 Å². The molecule has 2 aromatic heterocycles. The van der Waals surface area contributed by atoms with Gasteiger partial charge in [-0.25, -0.2) is 9.98 Å². The van der Waals surface area contributed by atoms with E-state index in [2.05, 4.69) is 39.6 Å². The molecule has 0 radical (unpaired) electrons. The van der Waals surface area contributed by atoms with Gasteiger partial charge in [0.05, 0.1) is 18.8 Å². The first-order valence-electron chi connectivity index (χ1n) is 9.27. The third-order valence-electron chi connectivity index (χ3n) is 3.90. The highest BCUT2D eigenvalue weighted by Gasteiger charge is 2.13. The number of aryl methyl sites for hydroxylation is 2. The van der Waals surface area contributed by atoms with Crippen LogP contribution in [0.4, 0.5) is 0 Å². The molecule has 0 bridgehead atoms. The summed E-state index contributed by atoms with van der Waals surface area (Å²) in [6.07, 6.45) is 3.43. The summed E-state index contributed by atoms with van der Waals surface area (Å²) < 4.78 is 10.9. The number of aliphatic imine (C=N–C) groups is 1. The number of rotatable bonds is 9. The molecule has 0 aliphatic rings. The van der Waals surface area contributed by atoms with Crippen molar-refractivity contribution in [2.75, 3.05) is 13.2 Å². The van der Waals surface area contributed by atoms with E-state index >= 15 is 0 Å². The zero-order valence-electron chi connectivity index (χ0n) is 16.5. The summed E-state index contributed by atoms with van der Waals surface area (Å²) in [7, 11) is 0. The average Bonchev–Trinajstić information content (AvgIpc) is 3.06. The van der Waals surface area contributed by atoms with Crippen molar-refractivity contribution < 1.29 is 9.26 Å². The molecule has 0 aliphatic carbocycles. The van der Waals surface area contributed by atoms with Crippen molar-refractivity contribution in [1.29, 1.82) is 0 Å². The van der Waals surface area contributed by atoms with Crippen LogP contribution in [-0.4, -0.2) is 29.3 Å². The third kappa shape index (κ3) is 7.00. The van der Waals surface area contributed by atoms with Gasteiger partial charge in [0.15, 0.2) is 5.96 Å². The molecule has 2 heterocycles. The highest BCUT2D eigenvalue weighted by Crippen LogP contribution is 2.15. The van der Waals surface area contributed by atoms with E-state index in [-0.39, 0.29) is 24.0 Å². The van der Waals surface area contributed by atoms with Crippen LogP contribution in [0.2, 0.25) is 0 Å². The molecule has 2 aromatic rings. The second-order valence-electron chi connectivity index (χ2n) is 5.72. The quantitative estimate of drug-likeness (QED) is 0.320. The average molecular weight is 487 g/mol. The highest BCUT2D eigenvalue weighted by atomic mass is 127. The van der Waals surface area contributed by atoms with Crippen molar-refractivity contribution in [2.24, 2.45) is 4.99 Å². The van der Waals surface area contributed by atoms with E-state index in [0.717, 1.165) is 47.9 Å². The van der Waals surface area contributed by atoms with Gasteiger partial charge in [-0.15, -0.1) is 24.0 Å². The van der Waals surface area contributed by atoms with Crippen LogP contribution in [0.3, 0.4) is 0 Å². The Morgan fingerprint density at radius 3 is 2.67 bits per heavy atom. The van der Waals surface area contributed by atoms with E-state index in [4.69, 9.17) is 9.26 Å². The van der Waals surface area contributed by atoms with Crippen LogP contribution < -0.4 is 15.4 Å². The van der Waals surface area contributed by atoms with E-state index in [1.807, 2.05) is 26.0 Å². The number of pyridine rings is 1. The number of hydrogen-bond acceptors (Lipinski definition) is 5. The summed E-state index contributed by atoms with van der Waals surface area (Å²) in [4.78, 5) is 8.84. The minimum Gasteiger partial charge on any atom is -0.478 e. The standard InChI is InChI=1S/C19H29N5O2.HI/c1-5-16-15(17(6-2)26-24-16)13-23-19(20-7-3)22-12-14-9-10-21-18(11-14)25-8-4;/h9-11H,5-8,12-13H2,1-4H3,(H2,20,22,23);1H. The van der Waals surface area contributed by atoms with Crippen LogP contribution in [0.5, 0.6) is 5.88 Å². The normalized spacial score (nSPS) is 11.0. The van der Waals surface area contributed by atoms with Crippen LogP contribution in [0.1, 0.15) is 50.3 Å². The van der Waals surface area contributed by atoms with Gasteiger partial charge in [-0.05, 0) is 31.9 Å². The molecule has 0 aliphatic heterocycles.